The van der Waals surface area contributed by atoms with Crippen molar-refractivity contribution in [1.29, 1.82) is 0 Å². The molecule has 0 bridgehead atoms. The van der Waals surface area contributed by atoms with E-state index in [0.29, 0.717) is 5.46 Å². The van der Waals surface area contributed by atoms with Crippen LogP contribution in [0.4, 0.5) is 0 Å². The smallest absolute Gasteiger partial charge is 0.423 e. The van der Waals surface area contributed by atoms with Crippen molar-refractivity contribution in [2.45, 2.75) is 25.8 Å². The number of nitrogens with zero attached hydrogens (tertiary/aromatic N) is 2. The fourth-order valence-corrected chi connectivity index (χ4v) is 1.55. The molecule has 1 saturated carbocycles. The molecule has 13 heavy (non-hydrogen) atoms. The Morgan fingerprint density at radius 2 is 2.31 bits per heavy atom. The predicted molar refractivity (Wildman–Crippen MR) is 49.4 cm³/mol. The molecule has 1 aliphatic rings. The highest BCUT2D eigenvalue weighted by molar-refractivity contribution is 6.58. The van der Waals surface area contributed by atoms with E-state index in [1.807, 2.05) is 0 Å². The highest BCUT2D eigenvalue weighted by Crippen LogP contribution is 2.27. The third kappa shape index (κ3) is 1.92. The van der Waals surface area contributed by atoms with Gasteiger partial charge in [0.05, 0.1) is 0 Å². The van der Waals surface area contributed by atoms with Crippen LogP contribution in [0.3, 0.4) is 0 Å². The van der Waals surface area contributed by atoms with E-state index < -0.39 is 7.12 Å². The van der Waals surface area contributed by atoms with E-state index in [1.165, 1.54) is 25.5 Å². The molecule has 1 fully saturated rings. The minimum absolute atomic E-state index is 0.472. The van der Waals surface area contributed by atoms with E-state index in [9.17, 15) is 0 Å². The first-order valence-corrected chi connectivity index (χ1v) is 4.64. The van der Waals surface area contributed by atoms with Gasteiger partial charge in [-0.15, -0.1) is 0 Å². The third-order valence-electron chi connectivity index (χ3n) is 2.62. The Hall–Kier alpha value is -0.805. The quantitative estimate of drug-likeness (QED) is 0.608. The van der Waals surface area contributed by atoms with Crippen molar-refractivity contribution < 1.29 is 10.0 Å². The molecule has 70 valence electrons. The maximum absolute atomic E-state index is 8.84. The van der Waals surface area contributed by atoms with Crippen LogP contribution in [0, 0.1) is 5.92 Å². The Morgan fingerprint density at radius 1 is 1.54 bits per heavy atom. The molecule has 1 aliphatic carbocycles. The molecule has 0 atom stereocenters. The molecule has 0 radical (unpaired) electrons. The van der Waals surface area contributed by atoms with Gasteiger partial charge >= 0.3 is 7.12 Å². The first-order valence-electron chi connectivity index (χ1n) is 4.64. The summed E-state index contributed by atoms with van der Waals surface area (Å²) >= 11 is 0. The summed E-state index contributed by atoms with van der Waals surface area (Å²) in [6.45, 7) is 0.909. The lowest BCUT2D eigenvalue weighted by Crippen LogP contribution is -2.28. The molecular formula is C8H13BN2O2. The Labute approximate surface area is 77.3 Å². The molecule has 0 aromatic carbocycles. The SMILES string of the molecule is OB(O)c1cnn(CC2CCC2)c1. The van der Waals surface area contributed by atoms with Crippen molar-refractivity contribution in [1.82, 2.24) is 9.78 Å². The third-order valence-corrected chi connectivity index (χ3v) is 2.62. The second kappa shape index (κ2) is 3.51. The second-order valence-electron chi connectivity index (χ2n) is 3.67. The van der Waals surface area contributed by atoms with Gasteiger partial charge in [0.1, 0.15) is 0 Å². The molecule has 1 aromatic rings. The number of aromatic nitrogens is 2. The summed E-state index contributed by atoms with van der Waals surface area (Å²) < 4.78 is 1.79. The monoisotopic (exact) mass is 180 g/mol. The minimum atomic E-state index is -1.39. The van der Waals surface area contributed by atoms with E-state index >= 15 is 0 Å². The lowest BCUT2D eigenvalue weighted by Gasteiger charge is -2.24. The average molecular weight is 180 g/mol. The molecular weight excluding hydrogens is 167 g/mol. The topological polar surface area (TPSA) is 58.3 Å². The van der Waals surface area contributed by atoms with E-state index in [-0.39, 0.29) is 0 Å². The molecule has 2 rings (SSSR count). The van der Waals surface area contributed by atoms with Gasteiger partial charge in [0.25, 0.3) is 0 Å². The highest BCUT2D eigenvalue weighted by atomic mass is 16.4. The summed E-state index contributed by atoms with van der Waals surface area (Å²) in [5.41, 5.74) is 0.472. The largest absolute Gasteiger partial charge is 0.491 e. The van der Waals surface area contributed by atoms with Crippen LogP contribution in [0.2, 0.25) is 0 Å². The van der Waals surface area contributed by atoms with Crippen LogP contribution >= 0.6 is 0 Å². The summed E-state index contributed by atoms with van der Waals surface area (Å²) in [6, 6.07) is 0. The van der Waals surface area contributed by atoms with Crippen LogP contribution in [0.1, 0.15) is 19.3 Å². The Balaban J connectivity index is 1.96. The molecule has 1 heterocycles. The van der Waals surface area contributed by atoms with Crippen molar-refractivity contribution in [3.8, 4) is 0 Å². The zero-order valence-corrected chi connectivity index (χ0v) is 7.43. The van der Waals surface area contributed by atoms with Gasteiger partial charge < -0.3 is 10.0 Å². The van der Waals surface area contributed by atoms with Crippen molar-refractivity contribution in [3.63, 3.8) is 0 Å². The van der Waals surface area contributed by atoms with Crippen LogP contribution in [0.25, 0.3) is 0 Å². The fraction of sp³-hybridized carbons (Fsp3) is 0.625. The molecule has 0 spiro atoms. The first kappa shape index (κ1) is 8.78. The molecule has 2 N–H and O–H groups in total. The summed E-state index contributed by atoms with van der Waals surface area (Å²) in [4.78, 5) is 0. The van der Waals surface area contributed by atoms with Crippen LogP contribution < -0.4 is 5.46 Å². The van der Waals surface area contributed by atoms with Gasteiger partial charge in [-0.05, 0) is 18.8 Å². The Morgan fingerprint density at radius 3 is 2.77 bits per heavy atom. The van der Waals surface area contributed by atoms with E-state index in [0.717, 1.165) is 12.5 Å². The van der Waals surface area contributed by atoms with E-state index in [1.54, 1.807) is 10.9 Å². The standard InChI is InChI=1S/C8H13BN2O2/c12-9(13)8-4-10-11(6-8)5-7-2-1-3-7/h4,6-7,12-13H,1-3,5H2. The lowest BCUT2D eigenvalue weighted by atomic mass is 9.83. The number of rotatable bonds is 3. The molecule has 5 heteroatoms. The molecule has 0 saturated heterocycles. The maximum atomic E-state index is 8.84. The predicted octanol–water partition coefficient (Wildman–Crippen LogP) is -0.637. The second-order valence-corrected chi connectivity index (χ2v) is 3.67. The number of hydrogen-bond acceptors (Lipinski definition) is 3. The van der Waals surface area contributed by atoms with Gasteiger partial charge in [-0.25, -0.2) is 0 Å². The summed E-state index contributed by atoms with van der Waals surface area (Å²) in [5, 5.41) is 21.7. The average Bonchev–Trinajstić information content (AvgIpc) is 2.44. The minimum Gasteiger partial charge on any atom is -0.423 e. The zero-order valence-electron chi connectivity index (χ0n) is 7.43. The zero-order chi connectivity index (χ0) is 9.26. The van der Waals surface area contributed by atoms with Gasteiger partial charge in [0.15, 0.2) is 0 Å². The van der Waals surface area contributed by atoms with Gasteiger partial charge in [0.2, 0.25) is 0 Å². The molecule has 0 aliphatic heterocycles. The van der Waals surface area contributed by atoms with Gasteiger partial charge in [-0.1, -0.05) is 6.42 Å². The highest BCUT2D eigenvalue weighted by Gasteiger charge is 2.19. The Kier molecular flexibility index (Phi) is 2.37. The van der Waals surface area contributed by atoms with E-state index in [2.05, 4.69) is 5.10 Å². The summed E-state index contributed by atoms with van der Waals surface area (Å²) in [5.74, 6) is 0.739. The van der Waals surface area contributed by atoms with Gasteiger partial charge in [-0.2, -0.15) is 5.10 Å². The maximum Gasteiger partial charge on any atom is 0.491 e. The van der Waals surface area contributed by atoms with Crippen molar-refractivity contribution in [2.75, 3.05) is 0 Å². The number of hydrogen-bond donors (Lipinski definition) is 2. The van der Waals surface area contributed by atoms with Gasteiger partial charge in [0, 0.05) is 24.4 Å². The molecule has 0 amide bonds. The Bertz CT molecular complexity index is 283. The fourth-order valence-electron chi connectivity index (χ4n) is 1.55. The molecule has 4 nitrogen and oxygen atoms in total. The normalized spacial score (nSPS) is 17.1. The van der Waals surface area contributed by atoms with Crippen LogP contribution in [-0.4, -0.2) is 26.9 Å². The summed E-state index contributed by atoms with van der Waals surface area (Å²) in [6.07, 6.45) is 7.07. The lowest BCUT2D eigenvalue weighted by molar-refractivity contribution is 0.266. The first-order chi connectivity index (χ1) is 6.25. The van der Waals surface area contributed by atoms with E-state index in [4.69, 9.17) is 10.0 Å². The van der Waals surface area contributed by atoms with Crippen molar-refractivity contribution in [2.24, 2.45) is 5.92 Å². The molecule has 1 aromatic heterocycles. The summed E-state index contributed by atoms with van der Waals surface area (Å²) in [7, 11) is -1.39. The molecule has 0 unspecified atom stereocenters. The van der Waals surface area contributed by atoms with Gasteiger partial charge in [-0.3, -0.25) is 4.68 Å². The van der Waals surface area contributed by atoms with Crippen molar-refractivity contribution in [3.05, 3.63) is 12.4 Å². The van der Waals surface area contributed by atoms with Crippen molar-refractivity contribution >= 4 is 12.6 Å². The van der Waals surface area contributed by atoms with Crippen LogP contribution in [0.15, 0.2) is 12.4 Å². The van der Waals surface area contributed by atoms with Crippen LogP contribution in [-0.2, 0) is 6.54 Å². The van der Waals surface area contributed by atoms with Crippen LogP contribution in [0.5, 0.6) is 0 Å².